The third-order valence-corrected chi connectivity index (χ3v) is 4.11. The van der Waals surface area contributed by atoms with Gasteiger partial charge in [-0.05, 0) is 66.3 Å². The van der Waals surface area contributed by atoms with Crippen molar-refractivity contribution in [3.8, 4) is 11.1 Å². The third-order valence-electron chi connectivity index (χ3n) is 4.11. The molecule has 0 fully saturated rings. The third kappa shape index (κ3) is 5.70. The predicted molar refractivity (Wildman–Crippen MR) is 94.8 cm³/mol. The van der Waals surface area contributed by atoms with Crippen molar-refractivity contribution in [2.45, 2.75) is 38.5 Å². The molecule has 0 heterocycles. The molecule has 0 radical (unpaired) electrons. The second kappa shape index (κ2) is 10.2. The first-order valence-corrected chi connectivity index (χ1v) is 8.67. The fraction of sp³-hybridized carbons (Fsp3) is 0.429. The molecule has 0 atom stereocenters. The van der Waals surface area contributed by atoms with Crippen molar-refractivity contribution < 1.29 is 13.2 Å². The molecule has 0 unspecified atom stereocenters. The summed E-state index contributed by atoms with van der Waals surface area (Å²) in [5.74, 6) is 0. The molecule has 0 amide bonds. The van der Waals surface area contributed by atoms with E-state index in [4.69, 9.17) is 0 Å². The van der Waals surface area contributed by atoms with Crippen LogP contribution in [0, 0.1) is 0 Å². The van der Waals surface area contributed by atoms with Gasteiger partial charge in [0.05, 0.1) is 20.0 Å². The quantitative estimate of drug-likeness (QED) is 0.495. The molecule has 0 N–H and O–H groups in total. The highest BCUT2D eigenvalue weighted by atomic mass is 19.1. The van der Waals surface area contributed by atoms with E-state index in [-0.39, 0.29) is 20.0 Å². The summed E-state index contributed by atoms with van der Waals surface area (Å²) in [5.41, 5.74) is 5.45. The van der Waals surface area contributed by atoms with Crippen LogP contribution < -0.4 is 0 Å². The Hall–Kier alpha value is -1.77. The summed E-state index contributed by atoms with van der Waals surface area (Å²) in [7, 11) is 0. The van der Waals surface area contributed by atoms with Gasteiger partial charge in [0.25, 0.3) is 0 Å². The molecule has 3 heteroatoms. The number of halogens is 3. The molecule has 0 aliphatic carbocycles. The van der Waals surface area contributed by atoms with Crippen molar-refractivity contribution in [3.05, 3.63) is 59.2 Å². The highest BCUT2D eigenvalue weighted by Gasteiger charge is 2.05. The smallest absolute Gasteiger partial charge is 0.0897 e. The molecule has 0 saturated heterocycles. The first-order chi connectivity index (χ1) is 11.8. The van der Waals surface area contributed by atoms with Crippen LogP contribution in [0.1, 0.15) is 36.0 Å². The average Bonchev–Trinajstić information content (AvgIpc) is 2.63. The lowest BCUT2D eigenvalue weighted by molar-refractivity contribution is 0.471. The van der Waals surface area contributed by atoms with Gasteiger partial charge in [-0.25, -0.2) is 0 Å². The van der Waals surface area contributed by atoms with E-state index in [1.54, 1.807) is 0 Å². The maximum atomic E-state index is 12.5. The molecule has 2 rings (SSSR count). The molecular formula is C21H25F3. The van der Waals surface area contributed by atoms with E-state index in [0.29, 0.717) is 32.1 Å². The topological polar surface area (TPSA) is 0 Å². The lowest BCUT2D eigenvalue weighted by Gasteiger charge is -2.11. The summed E-state index contributed by atoms with van der Waals surface area (Å²) in [6.07, 6.45) is 3.64. The molecule has 0 nitrogen and oxygen atoms in total. The van der Waals surface area contributed by atoms with Crippen LogP contribution in [0.4, 0.5) is 13.2 Å². The monoisotopic (exact) mass is 334 g/mol. The van der Waals surface area contributed by atoms with Crippen molar-refractivity contribution in [1.82, 2.24) is 0 Å². The molecule has 0 saturated carbocycles. The van der Waals surface area contributed by atoms with Crippen LogP contribution in [-0.4, -0.2) is 20.0 Å². The van der Waals surface area contributed by atoms with E-state index < -0.39 is 0 Å². The summed E-state index contributed by atoms with van der Waals surface area (Å²) in [6.45, 7) is -0.970. The van der Waals surface area contributed by atoms with Gasteiger partial charge in [0.15, 0.2) is 0 Å². The first-order valence-electron chi connectivity index (χ1n) is 8.67. The van der Waals surface area contributed by atoms with Crippen molar-refractivity contribution in [2.24, 2.45) is 0 Å². The zero-order valence-corrected chi connectivity index (χ0v) is 14.0. The summed E-state index contributed by atoms with van der Waals surface area (Å²) in [6, 6.07) is 14.3. The fourth-order valence-corrected chi connectivity index (χ4v) is 2.94. The Morgan fingerprint density at radius 1 is 0.542 bits per heavy atom. The summed E-state index contributed by atoms with van der Waals surface area (Å²) in [5, 5.41) is 0. The maximum Gasteiger partial charge on any atom is 0.0897 e. The standard InChI is InChI=1S/C21H25F3/c22-10-2-6-17-5-1-9-20(14-17)21-15-18(7-3-11-23)13-19(16-21)8-4-12-24/h1,5,9,13-16H,2-4,6-8,10-12H2. The minimum absolute atomic E-state index is 0.309. The molecule has 130 valence electrons. The van der Waals surface area contributed by atoms with E-state index in [0.717, 1.165) is 34.2 Å². The average molecular weight is 334 g/mol. The number of alkyl halides is 3. The van der Waals surface area contributed by atoms with E-state index in [9.17, 15) is 13.2 Å². The Morgan fingerprint density at radius 2 is 1.04 bits per heavy atom. The van der Waals surface area contributed by atoms with E-state index in [2.05, 4.69) is 24.3 Å². The largest absolute Gasteiger partial charge is 0.251 e. The minimum atomic E-state index is -0.331. The van der Waals surface area contributed by atoms with Gasteiger partial charge in [0.1, 0.15) is 0 Å². The Bertz CT molecular complexity index is 596. The van der Waals surface area contributed by atoms with E-state index in [1.807, 2.05) is 18.2 Å². The highest BCUT2D eigenvalue weighted by molar-refractivity contribution is 5.66. The van der Waals surface area contributed by atoms with Crippen LogP contribution in [-0.2, 0) is 19.3 Å². The Kier molecular flexibility index (Phi) is 7.87. The van der Waals surface area contributed by atoms with Crippen LogP contribution in [0.15, 0.2) is 42.5 Å². The second-order valence-corrected chi connectivity index (χ2v) is 6.12. The first kappa shape index (κ1) is 18.6. The number of aryl methyl sites for hydroxylation is 3. The number of hydrogen-bond acceptors (Lipinski definition) is 0. The Labute approximate surface area is 142 Å². The van der Waals surface area contributed by atoms with E-state index in [1.165, 1.54) is 0 Å². The van der Waals surface area contributed by atoms with Gasteiger partial charge in [-0.3, -0.25) is 13.2 Å². The van der Waals surface area contributed by atoms with Crippen LogP contribution in [0.2, 0.25) is 0 Å². The van der Waals surface area contributed by atoms with Crippen LogP contribution in [0.3, 0.4) is 0 Å². The second-order valence-electron chi connectivity index (χ2n) is 6.12. The van der Waals surface area contributed by atoms with Gasteiger partial charge in [0.2, 0.25) is 0 Å². The molecule has 2 aromatic carbocycles. The number of benzene rings is 2. The Morgan fingerprint density at radius 3 is 1.58 bits per heavy atom. The molecule has 0 aromatic heterocycles. The number of hydrogen-bond donors (Lipinski definition) is 0. The van der Waals surface area contributed by atoms with Crippen LogP contribution in [0.5, 0.6) is 0 Å². The van der Waals surface area contributed by atoms with Crippen LogP contribution >= 0.6 is 0 Å². The van der Waals surface area contributed by atoms with Crippen molar-refractivity contribution in [1.29, 1.82) is 0 Å². The molecular weight excluding hydrogens is 309 g/mol. The molecule has 24 heavy (non-hydrogen) atoms. The van der Waals surface area contributed by atoms with Crippen molar-refractivity contribution in [2.75, 3.05) is 20.0 Å². The van der Waals surface area contributed by atoms with Crippen LogP contribution in [0.25, 0.3) is 11.1 Å². The summed E-state index contributed by atoms with van der Waals surface area (Å²) < 4.78 is 37.4. The lowest BCUT2D eigenvalue weighted by atomic mass is 9.94. The zero-order chi connectivity index (χ0) is 17.2. The maximum absolute atomic E-state index is 12.5. The Balaban J connectivity index is 2.29. The predicted octanol–water partition coefficient (Wildman–Crippen LogP) is 6.06. The van der Waals surface area contributed by atoms with Gasteiger partial charge >= 0.3 is 0 Å². The minimum Gasteiger partial charge on any atom is -0.251 e. The molecule has 0 spiro atoms. The molecule has 0 aliphatic rings. The van der Waals surface area contributed by atoms with Gasteiger partial charge < -0.3 is 0 Å². The SMILES string of the molecule is FCCCc1cccc(-c2cc(CCCF)cc(CCCF)c2)c1. The lowest BCUT2D eigenvalue weighted by Crippen LogP contribution is -1.95. The van der Waals surface area contributed by atoms with E-state index >= 15 is 0 Å². The normalized spacial score (nSPS) is 11.0. The molecule has 0 aliphatic heterocycles. The fourth-order valence-electron chi connectivity index (χ4n) is 2.94. The zero-order valence-electron chi connectivity index (χ0n) is 14.0. The summed E-state index contributed by atoms with van der Waals surface area (Å²) in [4.78, 5) is 0. The molecule has 0 bridgehead atoms. The van der Waals surface area contributed by atoms with Gasteiger partial charge in [-0.1, -0.05) is 42.5 Å². The summed E-state index contributed by atoms with van der Waals surface area (Å²) >= 11 is 0. The van der Waals surface area contributed by atoms with Gasteiger partial charge in [-0.15, -0.1) is 0 Å². The van der Waals surface area contributed by atoms with Gasteiger partial charge in [0, 0.05) is 0 Å². The van der Waals surface area contributed by atoms with Gasteiger partial charge in [-0.2, -0.15) is 0 Å². The molecule has 2 aromatic rings. The van der Waals surface area contributed by atoms with Crippen molar-refractivity contribution >= 4 is 0 Å². The highest BCUT2D eigenvalue weighted by Crippen LogP contribution is 2.25. The number of rotatable bonds is 10. The van der Waals surface area contributed by atoms with Crippen molar-refractivity contribution in [3.63, 3.8) is 0 Å².